The second-order valence-corrected chi connectivity index (χ2v) is 7.36. The Morgan fingerprint density at radius 1 is 1.47 bits per heavy atom. The maximum Gasteiger partial charge on any atom is 0.253 e. The number of hydrogen-bond donors (Lipinski definition) is 1. The SMILES string of the molecule is CC1(C)C(=O)NCCN1S(=O)(=O)c1cccs1. The molecule has 0 unspecified atom stereocenters. The maximum atomic E-state index is 12.4. The van der Waals surface area contributed by atoms with Crippen molar-refractivity contribution in [3.63, 3.8) is 0 Å². The van der Waals surface area contributed by atoms with E-state index in [9.17, 15) is 13.2 Å². The van der Waals surface area contributed by atoms with Crippen molar-refractivity contribution in [2.45, 2.75) is 23.6 Å². The van der Waals surface area contributed by atoms with Crippen LogP contribution >= 0.6 is 11.3 Å². The van der Waals surface area contributed by atoms with Gasteiger partial charge in [0, 0.05) is 13.1 Å². The third-order valence-corrected chi connectivity index (χ3v) is 6.27. The summed E-state index contributed by atoms with van der Waals surface area (Å²) in [6.07, 6.45) is 0. The lowest BCUT2D eigenvalue weighted by Crippen LogP contribution is -2.63. The average molecular weight is 274 g/mol. The monoisotopic (exact) mass is 274 g/mol. The van der Waals surface area contributed by atoms with Gasteiger partial charge in [-0.1, -0.05) is 6.07 Å². The normalized spacial score (nSPS) is 21.2. The molecule has 1 aliphatic rings. The van der Waals surface area contributed by atoms with E-state index in [-0.39, 0.29) is 10.1 Å². The molecule has 1 fully saturated rings. The molecule has 2 rings (SSSR count). The van der Waals surface area contributed by atoms with E-state index in [2.05, 4.69) is 5.32 Å². The standard InChI is InChI=1S/C10H14N2O3S2/c1-10(2)9(13)11-5-6-12(10)17(14,15)8-4-3-7-16-8/h3-4,7H,5-6H2,1-2H3,(H,11,13). The van der Waals surface area contributed by atoms with Gasteiger partial charge in [0.1, 0.15) is 9.75 Å². The largest absolute Gasteiger partial charge is 0.353 e. The Hall–Kier alpha value is -0.920. The first-order valence-corrected chi connectivity index (χ1v) is 7.53. The Morgan fingerprint density at radius 3 is 2.76 bits per heavy atom. The van der Waals surface area contributed by atoms with Gasteiger partial charge in [0.15, 0.2) is 0 Å². The molecule has 1 aromatic rings. The minimum absolute atomic E-state index is 0.260. The number of rotatable bonds is 2. The second-order valence-electron chi connectivity index (χ2n) is 4.32. The molecule has 17 heavy (non-hydrogen) atoms. The van der Waals surface area contributed by atoms with Crippen LogP contribution < -0.4 is 5.32 Å². The van der Waals surface area contributed by atoms with Gasteiger partial charge in [-0.2, -0.15) is 4.31 Å². The molecule has 0 aromatic carbocycles. The number of carbonyl (C=O) groups excluding carboxylic acids is 1. The Kier molecular flexibility index (Phi) is 3.01. The van der Waals surface area contributed by atoms with Crippen molar-refractivity contribution in [2.24, 2.45) is 0 Å². The van der Waals surface area contributed by atoms with E-state index in [4.69, 9.17) is 0 Å². The number of thiophene rings is 1. The van der Waals surface area contributed by atoms with Crippen LogP contribution in [0.2, 0.25) is 0 Å². The molecule has 1 saturated heterocycles. The average Bonchev–Trinajstić information content (AvgIpc) is 2.75. The van der Waals surface area contributed by atoms with Crippen molar-refractivity contribution < 1.29 is 13.2 Å². The first kappa shape index (κ1) is 12.5. The number of piperazine rings is 1. The molecule has 1 aromatic heterocycles. The molecule has 2 heterocycles. The summed E-state index contributed by atoms with van der Waals surface area (Å²) >= 11 is 1.16. The highest BCUT2D eigenvalue weighted by Crippen LogP contribution is 2.28. The van der Waals surface area contributed by atoms with Crippen LogP contribution in [0.3, 0.4) is 0 Å². The van der Waals surface area contributed by atoms with Crippen molar-refractivity contribution >= 4 is 27.3 Å². The molecule has 0 aliphatic carbocycles. The number of sulfonamides is 1. The van der Waals surface area contributed by atoms with Gasteiger partial charge in [0.2, 0.25) is 5.91 Å². The molecule has 94 valence electrons. The first-order valence-electron chi connectivity index (χ1n) is 5.21. The molecule has 0 radical (unpaired) electrons. The molecular weight excluding hydrogens is 260 g/mol. The van der Waals surface area contributed by atoms with E-state index < -0.39 is 15.6 Å². The van der Waals surface area contributed by atoms with Gasteiger partial charge in [-0.25, -0.2) is 8.42 Å². The lowest BCUT2D eigenvalue weighted by atomic mass is 10.0. The number of carbonyl (C=O) groups is 1. The van der Waals surface area contributed by atoms with Crippen LogP contribution in [0.5, 0.6) is 0 Å². The van der Waals surface area contributed by atoms with Gasteiger partial charge in [0.25, 0.3) is 10.0 Å². The van der Waals surface area contributed by atoms with Crippen LogP contribution in [-0.2, 0) is 14.8 Å². The fourth-order valence-corrected chi connectivity index (χ4v) is 4.67. The zero-order valence-electron chi connectivity index (χ0n) is 9.63. The van der Waals surface area contributed by atoms with Crippen molar-refractivity contribution in [1.29, 1.82) is 0 Å². The van der Waals surface area contributed by atoms with Crippen LogP contribution in [0, 0.1) is 0 Å². The third kappa shape index (κ3) is 1.98. The van der Waals surface area contributed by atoms with E-state index in [1.54, 1.807) is 31.4 Å². The lowest BCUT2D eigenvalue weighted by molar-refractivity contribution is -0.131. The van der Waals surface area contributed by atoms with Crippen molar-refractivity contribution in [1.82, 2.24) is 9.62 Å². The highest BCUT2D eigenvalue weighted by Gasteiger charge is 2.45. The topological polar surface area (TPSA) is 66.5 Å². The molecule has 1 N–H and O–H groups in total. The van der Waals surface area contributed by atoms with Crippen molar-refractivity contribution in [3.8, 4) is 0 Å². The number of nitrogens with one attached hydrogen (secondary N) is 1. The van der Waals surface area contributed by atoms with Gasteiger partial charge in [-0.15, -0.1) is 11.3 Å². The predicted molar refractivity (Wildman–Crippen MR) is 65.3 cm³/mol. The van der Waals surface area contributed by atoms with Crippen molar-refractivity contribution in [2.75, 3.05) is 13.1 Å². The number of hydrogen-bond acceptors (Lipinski definition) is 4. The van der Waals surface area contributed by atoms with Crippen LogP contribution in [0.1, 0.15) is 13.8 Å². The molecule has 1 aliphatic heterocycles. The Labute approximate surface area is 104 Å². The number of amides is 1. The molecular formula is C10H14N2O3S2. The Balaban J connectivity index is 2.43. The summed E-state index contributed by atoms with van der Waals surface area (Å²) in [5, 5.41) is 4.39. The van der Waals surface area contributed by atoms with Gasteiger partial charge in [0.05, 0.1) is 0 Å². The number of nitrogens with zero attached hydrogens (tertiary/aromatic N) is 1. The van der Waals surface area contributed by atoms with Crippen LogP contribution in [0.25, 0.3) is 0 Å². The van der Waals surface area contributed by atoms with Gasteiger partial charge < -0.3 is 5.32 Å². The first-order chi connectivity index (χ1) is 7.87. The van der Waals surface area contributed by atoms with E-state index in [1.807, 2.05) is 0 Å². The second kappa shape index (κ2) is 4.08. The summed E-state index contributed by atoms with van der Waals surface area (Å²) in [6.45, 7) is 3.89. The molecule has 0 bridgehead atoms. The quantitative estimate of drug-likeness (QED) is 0.861. The van der Waals surface area contributed by atoms with E-state index in [1.165, 1.54) is 4.31 Å². The van der Waals surface area contributed by atoms with Crippen LogP contribution in [0.15, 0.2) is 21.7 Å². The molecule has 0 saturated carbocycles. The summed E-state index contributed by atoms with van der Waals surface area (Å²) in [6, 6.07) is 3.25. The van der Waals surface area contributed by atoms with E-state index >= 15 is 0 Å². The van der Waals surface area contributed by atoms with Crippen LogP contribution in [-0.4, -0.2) is 37.3 Å². The van der Waals surface area contributed by atoms with E-state index in [0.717, 1.165) is 11.3 Å². The molecule has 0 spiro atoms. The Bertz CT molecular complexity index is 520. The molecule has 0 atom stereocenters. The third-order valence-electron chi connectivity index (χ3n) is 2.82. The highest BCUT2D eigenvalue weighted by molar-refractivity contribution is 7.91. The molecule has 7 heteroatoms. The van der Waals surface area contributed by atoms with Gasteiger partial charge in [-0.3, -0.25) is 4.79 Å². The molecule has 1 amide bonds. The zero-order valence-corrected chi connectivity index (χ0v) is 11.3. The summed E-state index contributed by atoms with van der Waals surface area (Å²) in [5.41, 5.74) is -1.04. The molecule has 5 nitrogen and oxygen atoms in total. The smallest absolute Gasteiger partial charge is 0.253 e. The Morgan fingerprint density at radius 2 is 2.18 bits per heavy atom. The predicted octanol–water partition coefficient (Wildman–Crippen LogP) is 0.647. The summed E-state index contributed by atoms with van der Waals surface area (Å²) < 4.78 is 26.3. The highest BCUT2D eigenvalue weighted by atomic mass is 32.2. The maximum absolute atomic E-state index is 12.4. The van der Waals surface area contributed by atoms with E-state index in [0.29, 0.717) is 13.1 Å². The van der Waals surface area contributed by atoms with Crippen molar-refractivity contribution in [3.05, 3.63) is 17.5 Å². The lowest BCUT2D eigenvalue weighted by Gasteiger charge is -2.39. The summed E-state index contributed by atoms with van der Waals surface area (Å²) in [5.74, 6) is -0.260. The summed E-state index contributed by atoms with van der Waals surface area (Å²) in [7, 11) is -3.57. The van der Waals surface area contributed by atoms with Crippen LogP contribution in [0.4, 0.5) is 0 Å². The minimum atomic E-state index is -3.57. The zero-order chi connectivity index (χ0) is 12.7. The van der Waals surface area contributed by atoms with Gasteiger partial charge >= 0.3 is 0 Å². The summed E-state index contributed by atoms with van der Waals surface area (Å²) in [4.78, 5) is 11.7. The fourth-order valence-electron chi connectivity index (χ4n) is 1.82. The fraction of sp³-hybridized carbons (Fsp3) is 0.500. The van der Waals surface area contributed by atoms with Gasteiger partial charge in [-0.05, 0) is 25.3 Å². The minimum Gasteiger partial charge on any atom is -0.353 e.